The van der Waals surface area contributed by atoms with Crippen LogP contribution in [0.1, 0.15) is 19.3 Å². The van der Waals surface area contributed by atoms with Gasteiger partial charge in [-0.05, 0) is 18.8 Å². The molecule has 1 atom stereocenters. The molecule has 0 radical (unpaired) electrons. The summed E-state index contributed by atoms with van der Waals surface area (Å²) in [6.45, 7) is 0. The highest BCUT2D eigenvalue weighted by atomic mass is 32.2. The van der Waals surface area contributed by atoms with Crippen molar-refractivity contribution in [3.8, 4) is 0 Å². The molecule has 0 fully saturated rings. The van der Waals surface area contributed by atoms with Crippen molar-refractivity contribution in [1.82, 2.24) is 4.72 Å². The highest BCUT2D eigenvalue weighted by molar-refractivity contribution is 7.89. The van der Waals surface area contributed by atoms with Gasteiger partial charge in [-0.1, -0.05) is 12.2 Å². The normalized spacial score (nSPS) is 21.8. The van der Waals surface area contributed by atoms with E-state index in [0.29, 0.717) is 0 Å². The summed E-state index contributed by atoms with van der Waals surface area (Å²) >= 11 is 0. The summed E-state index contributed by atoms with van der Waals surface area (Å²) in [5.74, 6) is -0.208. The molecule has 1 rings (SSSR count). The minimum atomic E-state index is -3.39. The van der Waals surface area contributed by atoms with Crippen molar-refractivity contribution >= 4 is 15.9 Å². The average molecular weight is 203 g/mol. The monoisotopic (exact) mass is 203 g/mol. The summed E-state index contributed by atoms with van der Waals surface area (Å²) in [5.41, 5.74) is 0. The lowest BCUT2D eigenvalue weighted by molar-refractivity contribution is -0.119. The van der Waals surface area contributed by atoms with E-state index in [9.17, 15) is 13.2 Å². The summed E-state index contributed by atoms with van der Waals surface area (Å²) in [6, 6.07) is 0. The third-order valence-electron chi connectivity index (χ3n) is 1.86. The smallest absolute Gasteiger partial charge is 0.234 e. The van der Waals surface area contributed by atoms with E-state index in [4.69, 9.17) is 0 Å². The molecule has 1 aliphatic rings. The molecule has 0 heterocycles. The van der Waals surface area contributed by atoms with Crippen LogP contribution >= 0.6 is 0 Å². The van der Waals surface area contributed by atoms with Crippen LogP contribution in [0.4, 0.5) is 0 Å². The Bertz CT molecular complexity index is 318. The van der Waals surface area contributed by atoms with Crippen molar-refractivity contribution in [2.45, 2.75) is 19.3 Å². The second-order valence-electron chi connectivity index (χ2n) is 3.27. The van der Waals surface area contributed by atoms with Gasteiger partial charge in [0.2, 0.25) is 15.9 Å². The van der Waals surface area contributed by atoms with Gasteiger partial charge in [-0.3, -0.25) is 9.52 Å². The largest absolute Gasteiger partial charge is 0.274 e. The first kappa shape index (κ1) is 10.2. The molecule has 5 heteroatoms. The van der Waals surface area contributed by atoms with Gasteiger partial charge >= 0.3 is 0 Å². The molecule has 4 nitrogen and oxygen atoms in total. The van der Waals surface area contributed by atoms with E-state index in [1.165, 1.54) is 0 Å². The lowest BCUT2D eigenvalue weighted by Gasteiger charge is -2.06. The van der Waals surface area contributed by atoms with Crippen LogP contribution in [0.5, 0.6) is 0 Å². The maximum Gasteiger partial charge on any atom is 0.234 e. The standard InChI is InChI=1S/C8H13NO3S/c1-13(11,12)9-8(10)6-7-4-2-3-5-7/h2,4,7H,3,5-6H2,1H3,(H,9,10). The second kappa shape index (κ2) is 3.91. The Morgan fingerprint density at radius 3 is 2.77 bits per heavy atom. The zero-order chi connectivity index (χ0) is 9.90. The van der Waals surface area contributed by atoms with Crippen LogP contribution in [0.3, 0.4) is 0 Å². The highest BCUT2D eigenvalue weighted by Crippen LogP contribution is 2.19. The molecule has 0 aromatic rings. The SMILES string of the molecule is CS(=O)(=O)NC(=O)CC1C=CCC1. The van der Waals surface area contributed by atoms with Crippen molar-refractivity contribution in [2.24, 2.45) is 5.92 Å². The van der Waals surface area contributed by atoms with E-state index in [0.717, 1.165) is 19.1 Å². The van der Waals surface area contributed by atoms with Gasteiger partial charge in [-0.25, -0.2) is 8.42 Å². The van der Waals surface area contributed by atoms with Gasteiger partial charge in [0.25, 0.3) is 0 Å². The molecule has 1 aliphatic carbocycles. The first-order valence-corrected chi connectivity index (χ1v) is 6.04. The lowest BCUT2D eigenvalue weighted by atomic mass is 10.1. The number of amides is 1. The summed E-state index contributed by atoms with van der Waals surface area (Å²) in [5, 5.41) is 0. The van der Waals surface area contributed by atoms with Gasteiger partial charge in [-0.15, -0.1) is 0 Å². The summed E-state index contributed by atoms with van der Waals surface area (Å²) < 4.78 is 23.3. The molecule has 0 saturated heterocycles. The van der Waals surface area contributed by atoms with Crippen molar-refractivity contribution in [1.29, 1.82) is 0 Å². The van der Waals surface area contributed by atoms with E-state index in [-0.39, 0.29) is 12.3 Å². The van der Waals surface area contributed by atoms with Crippen molar-refractivity contribution in [3.63, 3.8) is 0 Å². The fourth-order valence-corrected chi connectivity index (χ4v) is 1.85. The summed E-state index contributed by atoms with van der Waals surface area (Å²) in [6.07, 6.45) is 7.15. The first-order chi connectivity index (χ1) is 5.97. The Kier molecular flexibility index (Phi) is 3.08. The zero-order valence-corrected chi connectivity index (χ0v) is 8.30. The Balaban J connectivity index is 2.37. The lowest BCUT2D eigenvalue weighted by Crippen LogP contribution is -2.30. The molecule has 74 valence electrons. The molecule has 1 N–H and O–H groups in total. The molecular weight excluding hydrogens is 190 g/mol. The van der Waals surface area contributed by atoms with Crippen LogP contribution in [0, 0.1) is 5.92 Å². The molecule has 0 saturated carbocycles. The molecule has 0 spiro atoms. The maximum absolute atomic E-state index is 11.1. The van der Waals surface area contributed by atoms with E-state index in [1.54, 1.807) is 0 Å². The van der Waals surface area contributed by atoms with Crippen molar-refractivity contribution in [2.75, 3.05) is 6.26 Å². The zero-order valence-electron chi connectivity index (χ0n) is 7.49. The van der Waals surface area contributed by atoms with E-state index in [2.05, 4.69) is 0 Å². The first-order valence-electron chi connectivity index (χ1n) is 4.14. The van der Waals surface area contributed by atoms with E-state index in [1.807, 2.05) is 16.9 Å². The van der Waals surface area contributed by atoms with Gasteiger partial charge in [0.05, 0.1) is 6.26 Å². The van der Waals surface area contributed by atoms with Crippen LogP contribution in [0.2, 0.25) is 0 Å². The Morgan fingerprint density at radius 1 is 1.62 bits per heavy atom. The van der Waals surface area contributed by atoms with Gasteiger partial charge in [-0.2, -0.15) is 0 Å². The third-order valence-corrected chi connectivity index (χ3v) is 2.46. The van der Waals surface area contributed by atoms with Crippen molar-refractivity contribution in [3.05, 3.63) is 12.2 Å². The molecule has 0 aliphatic heterocycles. The quantitative estimate of drug-likeness (QED) is 0.676. The molecule has 0 aromatic heterocycles. The fourth-order valence-electron chi connectivity index (χ4n) is 1.35. The predicted octanol–water partition coefficient (Wildman–Crippen LogP) is 0.418. The Morgan fingerprint density at radius 2 is 2.31 bits per heavy atom. The molecule has 0 aromatic carbocycles. The van der Waals surface area contributed by atoms with Gasteiger partial charge in [0.1, 0.15) is 0 Å². The van der Waals surface area contributed by atoms with Crippen LogP contribution in [-0.4, -0.2) is 20.6 Å². The number of rotatable bonds is 3. The van der Waals surface area contributed by atoms with E-state index >= 15 is 0 Å². The third kappa shape index (κ3) is 4.07. The number of sulfonamides is 1. The topological polar surface area (TPSA) is 63.2 Å². The molecule has 0 bridgehead atoms. The predicted molar refractivity (Wildman–Crippen MR) is 49.5 cm³/mol. The van der Waals surface area contributed by atoms with Crippen LogP contribution in [0.15, 0.2) is 12.2 Å². The van der Waals surface area contributed by atoms with Crippen LogP contribution in [-0.2, 0) is 14.8 Å². The summed E-state index contributed by atoms with van der Waals surface area (Å²) in [4.78, 5) is 11.1. The molecular formula is C8H13NO3S. The minimum Gasteiger partial charge on any atom is -0.274 e. The molecule has 13 heavy (non-hydrogen) atoms. The Hall–Kier alpha value is -0.840. The van der Waals surface area contributed by atoms with E-state index < -0.39 is 15.9 Å². The number of nitrogens with one attached hydrogen (secondary N) is 1. The highest BCUT2D eigenvalue weighted by Gasteiger charge is 2.15. The maximum atomic E-state index is 11.1. The number of hydrogen-bond donors (Lipinski definition) is 1. The average Bonchev–Trinajstić information content (AvgIpc) is 2.34. The second-order valence-corrected chi connectivity index (χ2v) is 5.02. The van der Waals surface area contributed by atoms with Crippen molar-refractivity contribution < 1.29 is 13.2 Å². The van der Waals surface area contributed by atoms with Gasteiger partial charge in [0.15, 0.2) is 0 Å². The minimum absolute atomic E-state index is 0.210. The Labute approximate surface area is 78.1 Å². The number of hydrogen-bond acceptors (Lipinski definition) is 3. The van der Waals surface area contributed by atoms with Crippen LogP contribution in [0.25, 0.3) is 0 Å². The summed E-state index contributed by atoms with van der Waals surface area (Å²) in [7, 11) is -3.39. The van der Waals surface area contributed by atoms with Gasteiger partial charge < -0.3 is 0 Å². The number of carbonyl (C=O) groups excluding carboxylic acids is 1. The van der Waals surface area contributed by atoms with Crippen LogP contribution < -0.4 is 4.72 Å². The van der Waals surface area contributed by atoms with Gasteiger partial charge in [0, 0.05) is 6.42 Å². The fraction of sp³-hybridized carbons (Fsp3) is 0.625. The number of carbonyl (C=O) groups is 1. The molecule has 1 unspecified atom stereocenters. The molecule has 1 amide bonds. The number of allylic oxidation sites excluding steroid dienone is 2.